The normalized spacial score (nSPS) is 18.6. The van der Waals surface area contributed by atoms with Crippen LogP contribution in [0.25, 0.3) is 0 Å². The molecule has 11 heteroatoms. The van der Waals surface area contributed by atoms with Crippen molar-refractivity contribution in [2.45, 2.75) is 384 Å². The first-order valence-electron chi connectivity index (χ1n) is 36.7. The average Bonchev–Trinajstić information content (AvgIpc) is 2.32. The summed E-state index contributed by atoms with van der Waals surface area (Å²) >= 11 is 0. The maximum atomic E-state index is 13.5. The lowest BCUT2D eigenvalue weighted by Crippen LogP contribution is -2.61. The van der Waals surface area contributed by atoms with Crippen LogP contribution < -0.4 is 5.32 Å². The lowest BCUT2D eigenvalue weighted by atomic mass is 9.99. The fraction of sp³-hybridized carbons (Fsp3) is 0.816. The van der Waals surface area contributed by atoms with Gasteiger partial charge in [0.1, 0.15) is 24.4 Å². The zero-order chi connectivity index (χ0) is 63.1. The van der Waals surface area contributed by atoms with Gasteiger partial charge in [-0.25, -0.2) is 0 Å². The quantitative estimate of drug-likeness (QED) is 0.0195. The number of carbonyl (C=O) groups is 2. The summed E-state index contributed by atoms with van der Waals surface area (Å²) in [7, 11) is 0. The van der Waals surface area contributed by atoms with Crippen LogP contribution in [0, 0.1) is 0 Å². The van der Waals surface area contributed by atoms with Crippen molar-refractivity contribution in [2.24, 2.45) is 0 Å². The summed E-state index contributed by atoms with van der Waals surface area (Å²) in [6.07, 6.45) is 72.2. The zero-order valence-electron chi connectivity index (χ0n) is 56.4. The van der Waals surface area contributed by atoms with Crippen LogP contribution in [0.5, 0.6) is 0 Å². The SMILES string of the molecule is CCCCC/C=C\C/C=C\C/C=C\C/C=C\CCCCCCCCCC(=O)OC1C(OCC(NC(=O)C(O)CCCCCCCCCCCCCC/C=C/CCCCCCCC)C(O)/C=C/CCCCCCCCCCCCC)OC(CO)C(O)C1O. The summed E-state index contributed by atoms with van der Waals surface area (Å²) < 4.78 is 17.7. The van der Waals surface area contributed by atoms with E-state index in [1.807, 2.05) is 6.08 Å². The number of esters is 1. The molecule has 1 fully saturated rings. The molecule has 8 unspecified atom stereocenters. The van der Waals surface area contributed by atoms with Crippen LogP contribution in [-0.4, -0.2) is 99.6 Å². The van der Waals surface area contributed by atoms with E-state index in [1.54, 1.807) is 6.08 Å². The van der Waals surface area contributed by atoms with E-state index in [0.717, 1.165) is 103 Å². The molecule has 506 valence electrons. The minimum Gasteiger partial charge on any atom is -0.454 e. The first-order valence-corrected chi connectivity index (χ1v) is 36.7. The number of aliphatic hydroxyl groups excluding tert-OH is 5. The second-order valence-corrected chi connectivity index (χ2v) is 25.3. The number of carbonyl (C=O) groups excluding carboxylic acids is 2. The van der Waals surface area contributed by atoms with Crippen LogP contribution in [0.3, 0.4) is 0 Å². The van der Waals surface area contributed by atoms with E-state index in [-0.39, 0.29) is 13.0 Å². The van der Waals surface area contributed by atoms with Gasteiger partial charge in [0.15, 0.2) is 12.4 Å². The van der Waals surface area contributed by atoms with Gasteiger partial charge < -0.3 is 45.1 Å². The minimum atomic E-state index is -1.62. The van der Waals surface area contributed by atoms with E-state index >= 15 is 0 Å². The molecule has 0 aromatic rings. The molecule has 0 spiro atoms. The molecule has 1 aliphatic rings. The van der Waals surface area contributed by atoms with E-state index in [4.69, 9.17) is 14.2 Å². The molecule has 0 saturated carbocycles. The topological polar surface area (TPSA) is 175 Å². The molecule has 6 N–H and O–H groups in total. The van der Waals surface area contributed by atoms with Crippen molar-refractivity contribution >= 4 is 11.9 Å². The molecular formula is C76H137NO10. The number of nitrogens with one attached hydrogen (secondary N) is 1. The molecular weight excluding hydrogens is 1090 g/mol. The molecule has 0 radical (unpaired) electrons. The predicted molar refractivity (Wildman–Crippen MR) is 366 cm³/mol. The third-order valence-electron chi connectivity index (χ3n) is 17.1. The molecule has 1 amide bonds. The monoisotopic (exact) mass is 1220 g/mol. The van der Waals surface area contributed by atoms with Gasteiger partial charge in [-0.3, -0.25) is 9.59 Å². The third-order valence-corrected chi connectivity index (χ3v) is 17.1. The molecule has 8 atom stereocenters. The van der Waals surface area contributed by atoms with Crippen molar-refractivity contribution in [1.82, 2.24) is 5.32 Å². The number of ether oxygens (including phenoxy) is 3. The van der Waals surface area contributed by atoms with Gasteiger partial charge in [-0.05, 0) is 96.3 Å². The fourth-order valence-corrected chi connectivity index (χ4v) is 11.3. The van der Waals surface area contributed by atoms with Gasteiger partial charge in [0, 0.05) is 6.42 Å². The first-order chi connectivity index (χ1) is 42.7. The highest BCUT2D eigenvalue weighted by atomic mass is 16.7. The Hall–Kier alpha value is -2.90. The van der Waals surface area contributed by atoms with Crippen molar-refractivity contribution in [3.63, 3.8) is 0 Å². The highest BCUT2D eigenvalue weighted by Gasteiger charge is 2.47. The highest BCUT2D eigenvalue weighted by Crippen LogP contribution is 2.26. The summed E-state index contributed by atoms with van der Waals surface area (Å²) in [6, 6.07) is -1.03. The predicted octanol–water partition coefficient (Wildman–Crippen LogP) is 19.1. The lowest BCUT2D eigenvalue weighted by molar-refractivity contribution is -0.305. The lowest BCUT2D eigenvalue weighted by Gasteiger charge is -2.41. The van der Waals surface area contributed by atoms with E-state index < -0.39 is 67.4 Å². The van der Waals surface area contributed by atoms with Crippen LogP contribution in [0.4, 0.5) is 0 Å². The molecule has 1 saturated heterocycles. The summed E-state index contributed by atoms with van der Waals surface area (Å²) in [6.45, 7) is 5.80. The Morgan fingerprint density at radius 1 is 0.448 bits per heavy atom. The van der Waals surface area contributed by atoms with Crippen molar-refractivity contribution in [3.8, 4) is 0 Å². The van der Waals surface area contributed by atoms with Crippen molar-refractivity contribution in [2.75, 3.05) is 13.2 Å². The van der Waals surface area contributed by atoms with E-state index in [9.17, 15) is 35.1 Å². The van der Waals surface area contributed by atoms with Crippen molar-refractivity contribution < 1.29 is 49.3 Å². The van der Waals surface area contributed by atoms with Crippen molar-refractivity contribution in [1.29, 1.82) is 0 Å². The molecule has 87 heavy (non-hydrogen) atoms. The second kappa shape index (κ2) is 63.3. The summed E-state index contributed by atoms with van der Waals surface area (Å²) in [5.41, 5.74) is 0. The molecule has 0 aromatic carbocycles. The van der Waals surface area contributed by atoms with E-state index in [2.05, 4.69) is 86.8 Å². The van der Waals surface area contributed by atoms with Crippen LogP contribution in [0.2, 0.25) is 0 Å². The Morgan fingerprint density at radius 3 is 1.22 bits per heavy atom. The number of hydrogen-bond acceptors (Lipinski definition) is 10. The summed E-state index contributed by atoms with van der Waals surface area (Å²) in [4.78, 5) is 26.7. The van der Waals surface area contributed by atoms with E-state index in [0.29, 0.717) is 19.3 Å². The first kappa shape index (κ1) is 82.1. The van der Waals surface area contributed by atoms with Gasteiger partial charge in [0.2, 0.25) is 5.91 Å². The average molecular weight is 1220 g/mol. The maximum Gasteiger partial charge on any atom is 0.306 e. The standard InChI is InChI=1S/C76H137NO10/c1-4-7-10-13-16-19-22-25-27-29-31-33-35-37-39-41-43-46-49-52-55-58-61-64-71(81)87-74-73(83)72(82)70(65-78)86-76(74)85-66-67(68(79)62-59-56-53-50-47-44-24-21-18-15-12-9-6-3)77-75(84)69(80)63-60-57-54-51-48-45-42-40-38-36-34-32-30-28-26-23-20-17-14-11-8-5-2/h16,19,25-28,31,33,37,39,59,62,67-70,72-74,76,78-80,82-83H,4-15,17-18,20-24,29-30,32,34-36,38,40-58,60-61,63-66H2,1-3H3,(H,77,84)/b19-16-,27-25-,28-26+,33-31-,39-37-,62-59+. The molecule has 1 aliphatic heterocycles. The number of aliphatic hydroxyl groups is 5. The molecule has 1 rings (SSSR count). The fourth-order valence-electron chi connectivity index (χ4n) is 11.3. The summed E-state index contributed by atoms with van der Waals surface area (Å²) in [5.74, 6) is -1.20. The molecule has 0 aliphatic carbocycles. The highest BCUT2D eigenvalue weighted by molar-refractivity contribution is 5.80. The van der Waals surface area contributed by atoms with E-state index in [1.165, 1.54) is 186 Å². The maximum absolute atomic E-state index is 13.5. The van der Waals surface area contributed by atoms with Gasteiger partial charge in [0.05, 0.1) is 25.4 Å². The Bertz CT molecular complexity index is 1690. The largest absolute Gasteiger partial charge is 0.454 e. The number of unbranched alkanes of at least 4 members (excludes halogenated alkanes) is 39. The van der Waals surface area contributed by atoms with Gasteiger partial charge >= 0.3 is 5.97 Å². The number of rotatable bonds is 63. The Morgan fingerprint density at radius 2 is 0.793 bits per heavy atom. The second-order valence-electron chi connectivity index (χ2n) is 25.3. The van der Waals surface area contributed by atoms with Crippen molar-refractivity contribution in [3.05, 3.63) is 72.9 Å². The zero-order valence-corrected chi connectivity index (χ0v) is 56.4. The number of hydrogen-bond donors (Lipinski definition) is 6. The summed E-state index contributed by atoms with van der Waals surface area (Å²) in [5, 5.41) is 57.3. The van der Waals surface area contributed by atoms with Gasteiger partial charge in [-0.2, -0.15) is 0 Å². The van der Waals surface area contributed by atoms with Gasteiger partial charge in [-0.15, -0.1) is 0 Å². The number of amides is 1. The smallest absolute Gasteiger partial charge is 0.306 e. The van der Waals surface area contributed by atoms with Crippen LogP contribution in [-0.2, 0) is 23.8 Å². The number of allylic oxidation sites excluding steroid dienone is 11. The minimum absolute atomic E-state index is 0.110. The Labute approximate surface area is 534 Å². The molecule has 0 bridgehead atoms. The van der Waals surface area contributed by atoms with Crippen LogP contribution in [0.1, 0.15) is 335 Å². The molecule has 0 aromatic heterocycles. The van der Waals surface area contributed by atoms with Gasteiger partial charge in [-0.1, -0.05) is 306 Å². The molecule has 11 nitrogen and oxygen atoms in total. The van der Waals surface area contributed by atoms with Gasteiger partial charge in [0.25, 0.3) is 0 Å². The Kier molecular flexibility index (Phi) is 59.7. The molecule has 1 heterocycles. The van der Waals surface area contributed by atoms with Crippen LogP contribution in [0.15, 0.2) is 72.9 Å². The third kappa shape index (κ3) is 50.4. The van der Waals surface area contributed by atoms with Crippen LogP contribution >= 0.6 is 0 Å². The Balaban J connectivity index is 2.59.